The highest BCUT2D eigenvalue weighted by molar-refractivity contribution is 7.12. The number of amides is 1. The Bertz CT molecular complexity index is 403. The average molecular weight is 281 g/mol. The largest absolute Gasteiger partial charge is 0.350 e. The van der Waals surface area contributed by atoms with E-state index in [0.29, 0.717) is 13.1 Å². The molecule has 2 rings (SSSR count). The summed E-state index contributed by atoms with van der Waals surface area (Å²) in [6.07, 6.45) is 1.12. The summed E-state index contributed by atoms with van der Waals surface area (Å²) in [6.45, 7) is 9.43. The summed E-state index contributed by atoms with van der Waals surface area (Å²) in [5, 5.41) is 6.36. The Balaban J connectivity index is 1.74. The third-order valence-corrected chi connectivity index (χ3v) is 4.63. The summed E-state index contributed by atoms with van der Waals surface area (Å²) in [5.41, 5.74) is 1.31. The van der Waals surface area contributed by atoms with Crippen molar-refractivity contribution in [2.24, 2.45) is 0 Å². The molecule has 2 heterocycles. The van der Waals surface area contributed by atoms with Crippen LogP contribution in [0.25, 0.3) is 0 Å². The molecule has 1 aromatic heterocycles. The molecule has 1 aromatic rings. The van der Waals surface area contributed by atoms with E-state index in [1.165, 1.54) is 15.3 Å². The van der Waals surface area contributed by atoms with Crippen molar-refractivity contribution in [3.63, 3.8) is 0 Å². The maximum absolute atomic E-state index is 11.9. The smallest absolute Gasteiger partial charge is 0.234 e. The molecule has 0 saturated carbocycles. The maximum atomic E-state index is 11.9. The van der Waals surface area contributed by atoms with Gasteiger partial charge in [0.15, 0.2) is 0 Å². The van der Waals surface area contributed by atoms with Crippen LogP contribution in [0.15, 0.2) is 6.07 Å². The zero-order valence-corrected chi connectivity index (χ0v) is 12.6. The Morgan fingerprint density at radius 3 is 3.00 bits per heavy atom. The number of carbonyl (C=O) groups excluding carboxylic acids is 1. The van der Waals surface area contributed by atoms with Crippen LogP contribution < -0.4 is 10.6 Å². The van der Waals surface area contributed by atoms with Crippen LogP contribution in [0.1, 0.15) is 21.7 Å². The number of aryl methyl sites for hydroxylation is 2. The van der Waals surface area contributed by atoms with E-state index in [0.717, 1.165) is 32.6 Å². The van der Waals surface area contributed by atoms with Crippen LogP contribution in [0.2, 0.25) is 0 Å². The third kappa shape index (κ3) is 4.60. The van der Waals surface area contributed by atoms with Crippen LogP contribution in [0.3, 0.4) is 0 Å². The van der Waals surface area contributed by atoms with Gasteiger partial charge in [-0.1, -0.05) is 0 Å². The lowest BCUT2D eigenvalue weighted by atomic mass is 10.3. The molecule has 2 N–H and O–H groups in total. The van der Waals surface area contributed by atoms with Gasteiger partial charge >= 0.3 is 0 Å². The van der Waals surface area contributed by atoms with E-state index in [4.69, 9.17) is 0 Å². The van der Waals surface area contributed by atoms with Crippen molar-refractivity contribution in [2.75, 3.05) is 32.7 Å². The lowest BCUT2D eigenvalue weighted by Gasteiger charge is -2.18. The van der Waals surface area contributed by atoms with Crippen LogP contribution in [0.5, 0.6) is 0 Å². The van der Waals surface area contributed by atoms with Crippen molar-refractivity contribution in [1.29, 1.82) is 0 Å². The van der Waals surface area contributed by atoms with Gasteiger partial charge in [0.05, 0.1) is 13.1 Å². The molecular weight excluding hydrogens is 258 g/mol. The standard InChI is InChI=1S/C14H23N3OS/c1-11-8-13(19-12(11)2)9-16-14(18)10-17-6-3-4-15-5-7-17/h8,15H,3-7,9-10H2,1-2H3,(H,16,18). The highest BCUT2D eigenvalue weighted by Gasteiger charge is 2.12. The number of hydrogen-bond donors (Lipinski definition) is 2. The summed E-state index contributed by atoms with van der Waals surface area (Å²) in [5.74, 6) is 0.130. The molecule has 106 valence electrons. The predicted octanol–water partition coefficient (Wildman–Crippen LogP) is 1.28. The Morgan fingerprint density at radius 2 is 2.26 bits per heavy atom. The van der Waals surface area contributed by atoms with E-state index in [2.05, 4.69) is 35.4 Å². The molecule has 1 fully saturated rings. The zero-order chi connectivity index (χ0) is 13.7. The van der Waals surface area contributed by atoms with E-state index in [1.54, 1.807) is 11.3 Å². The van der Waals surface area contributed by atoms with Crippen molar-refractivity contribution < 1.29 is 4.79 Å². The molecule has 0 aromatic carbocycles. The van der Waals surface area contributed by atoms with Crippen LogP contribution >= 0.6 is 11.3 Å². The molecule has 0 unspecified atom stereocenters. The minimum atomic E-state index is 0.130. The summed E-state index contributed by atoms with van der Waals surface area (Å²) in [7, 11) is 0. The van der Waals surface area contributed by atoms with Crippen LogP contribution in [-0.4, -0.2) is 43.5 Å². The van der Waals surface area contributed by atoms with E-state index in [1.807, 2.05) is 0 Å². The van der Waals surface area contributed by atoms with Crippen molar-refractivity contribution in [3.05, 3.63) is 21.4 Å². The molecule has 0 atom stereocenters. The first-order valence-electron chi connectivity index (χ1n) is 6.91. The molecule has 0 aliphatic carbocycles. The van der Waals surface area contributed by atoms with Crippen molar-refractivity contribution in [2.45, 2.75) is 26.8 Å². The van der Waals surface area contributed by atoms with Gasteiger partial charge < -0.3 is 10.6 Å². The summed E-state index contributed by atoms with van der Waals surface area (Å²) in [4.78, 5) is 16.7. The number of carbonyl (C=O) groups is 1. The Hall–Kier alpha value is -0.910. The van der Waals surface area contributed by atoms with Crippen LogP contribution in [0.4, 0.5) is 0 Å². The molecule has 0 spiro atoms. The molecule has 1 aliphatic rings. The topological polar surface area (TPSA) is 44.4 Å². The van der Waals surface area contributed by atoms with Crippen LogP contribution in [0, 0.1) is 13.8 Å². The van der Waals surface area contributed by atoms with Gasteiger partial charge in [0.2, 0.25) is 5.91 Å². The Kier molecular flexibility index (Phi) is 5.36. The Labute approximate surface area is 119 Å². The quantitative estimate of drug-likeness (QED) is 0.874. The van der Waals surface area contributed by atoms with Gasteiger partial charge in [-0.25, -0.2) is 0 Å². The van der Waals surface area contributed by atoms with Gasteiger partial charge in [-0.3, -0.25) is 9.69 Å². The SMILES string of the molecule is Cc1cc(CNC(=O)CN2CCCNCC2)sc1C. The first kappa shape index (κ1) is 14.5. The molecule has 0 radical (unpaired) electrons. The molecule has 4 nitrogen and oxygen atoms in total. The number of nitrogens with one attached hydrogen (secondary N) is 2. The number of thiophene rings is 1. The fourth-order valence-corrected chi connectivity index (χ4v) is 3.23. The fourth-order valence-electron chi connectivity index (χ4n) is 2.24. The molecule has 0 bridgehead atoms. The molecule has 5 heteroatoms. The monoisotopic (exact) mass is 281 g/mol. The molecule has 1 saturated heterocycles. The zero-order valence-electron chi connectivity index (χ0n) is 11.8. The normalized spacial score (nSPS) is 17.2. The van der Waals surface area contributed by atoms with Crippen LogP contribution in [-0.2, 0) is 11.3 Å². The maximum Gasteiger partial charge on any atom is 0.234 e. The summed E-state index contributed by atoms with van der Waals surface area (Å²) in [6, 6.07) is 2.16. The van der Waals surface area contributed by atoms with Gasteiger partial charge in [-0.15, -0.1) is 11.3 Å². The van der Waals surface area contributed by atoms with E-state index < -0.39 is 0 Å². The minimum Gasteiger partial charge on any atom is -0.350 e. The number of rotatable bonds is 4. The van der Waals surface area contributed by atoms with E-state index in [9.17, 15) is 4.79 Å². The van der Waals surface area contributed by atoms with Gasteiger partial charge in [0.25, 0.3) is 0 Å². The minimum absolute atomic E-state index is 0.130. The highest BCUT2D eigenvalue weighted by atomic mass is 32.1. The fraction of sp³-hybridized carbons (Fsp3) is 0.643. The van der Waals surface area contributed by atoms with Gasteiger partial charge in [-0.05, 0) is 45.0 Å². The Morgan fingerprint density at radius 1 is 1.42 bits per heavy atom. The van der Waals surface area contributed by atoms with Gasteiger partial charge in [0, 0.05) is 22.8 Å². The second-order valence-corrected chi connectivity index (χ2v) is 6.45. The van der Waals surface area contributed by atoms with Crippen molar-refractivity contribution in [1.82, 2.24) is 15.5 Å². The second-order valence-electron chi connectivity index (χ2n) is 5.11. The molecule has 19 heavy (non-hydrogen) atoms. The predicted molar refractivity (Wildman–Crippen MR) is 79.6 cm³/mol. The number of hydrogen-bond acceptors (Lipinski definition) is 4. The highest BCUT2D eigenvalue weighted by Crippen LogP contribution is 2.20. The second kappa shape index (κ2) is 7.03. The van der Waals surface area contributed by atoms with Crippen molar-refractivity contribution >= 4 is 17.2 Å². The summed E-state index contributed by atoms with van der Waals surface area (Å²) >= 11 is 1.77. The molecular formula is C14H23N3OS. The van der Waals surface area contributed by atoms with Gasteiger partial charge in [-0.2, -0.15) is 0 Å². The lowest BCUT2D eigenvalue weighted by Crippen LogP contribution is -2.38. The average Bonchev–Trinajstić information content (AvgIpc) is 2.58. The molecule has 1 aliphatic heterocycles. The lowest BCUT2D eigenvalue weighted by molar-refractivity contribution is -0.122. The first-order chi connectivity index (χ1) is 9.15. The molecule has 1 amide bonds. The van der Waals surface area contributed by atoms with Gasteiger partial charge in [0.1, 0.15) is 0 Å². The third-order valence-electron chi connectivity index (χ3n) is 3.48. The van der Waals surface area contributed by atoms with Crippen molar-refractivity contribution in [3.8, 4) is 0 Å². The first-order valence-corrected chi connectivity index (χ1v) is 7.72. The number of nitrogens with zero attached hydrogens (tertiary/aromatic N) is 1. The summed E-state index contributed by atoms with van der Waals surface area (Å²) < 4.78 is 0. The van der Waals surface area contributed by atoms with E-state index in [-0.39, 0.29) is 5.91 Å². The van der Waals surface area contributed by atoms with E-state index >= 15 is 0 Å².